The van der Waals surface area contributed by atoms with E-state index in [1.165, 1.54) is 25.6 Å². The van der Waals surface area contributed by atoms with Gasteiger partial charge in [-0.1, -0.05) is 12.1 Å². The van der Waals surface area contributed by atoms with Crippen LogP contribution < -0.4 is 4.74 Å². The second-order valence-electron chi connectivity index (χ2n) is 5.25. The summed E-state index contributed by atoms with van der Waals surface area (Å²) in [6.07, 6.45) is 0. The number of nitro groups is 1. The van der Waals surface area contributed by atoms with Crippen molar-refractivity contribution in [3.8, 4) is 5.75 Å². The van der Waals surface area contributed by atoms with Crippen LogP contribution in [0.15, 0.2) is 24.3 Å². The van der Waals surface area contributed by atoms with E-state index < -0.39 is 17.5 Å². The molecular weight excluding hydrogens is 330 g/mol. The highest BCUT2D eigenvalue weighted by atomic mass is 16.6. The predicted octanol–water partition coefficient (Wildman–Crippen LogP) is 1.84. The van der Waals surface area contributed by atoms with Gasteiger partial charge in [-0.3, -0.25) is 24.4 Å². The molecule has 0 N–H and O–H groups in total. The SMILES string of the molecule is COc1cccc(C(=O)COC(=O)Cn2nc(C)c([N+](=O)[O-])c2C)c1. The fraction of sp³-hybridized carbons (Fsp3) is 0.312. The van der Waals surface area contributed by atoms with Crippen molar-refractivity contribution in [3.63, 3.8) is 0 Å². The molecule has 0 aliphatic carbocycles. The van der Waals surface area contributed by atoms with Gasteiger partial charge in [0.2, 0.25) is 0 Å². The molecule has 0 radical (unpaired) electrons. The molecule has 0 amide bonds. The highest BCUT2D eigenvalue weighted by Gasteiger charge is 2.23. The first-order chi connectivity index (χ1) is 11.8. The summed E-state index contributed by atoms with van der Waals surface area (Å²) in [5.41, 5.74) is 0.676. The van der Waals surface area contributed by atoms with Crippen molar-refractivity contribution in [2.45, 2.75) is 20.4 Å². The number of benzene rings is 1. The Morgan fingerprint density at radius 3 is 2.64 bits per heavy atom. The number of ketones is 1. The minimum atomic E-state index is -0.711. The third-order valence-corrected chi connectivity index (χ3v) is 3.56. The molecule has 0 bridgehead atoms. The fourth-order valence-electron chi connectivity index (χ4n) is 2.30. The molecule has 132 valence electrons. The summed E-state index contributed by atoms with van der Waals surface area (Å²) in [7, 11) is 1.48. The Morgan fingerprint density at radius 1 is 1.32 bits per heavy atom. The van der Waals surface area contributed by atoms with Crippen LogP contribution in [0.4, 0.5) is 5.69 Å². The van der Waals surface area contributed by atoms with E-state index in [-0.39, 0.29) is 29.4 Å². The van der Waals surface area contributed by atoms with Crippen LogP contribution in [-0.2, 0) is 16.1 Å². The van der Waals surface area contributed by atoms with E-state index in [0.29, 0.717) is 11.3 Å². The van der Waals surface area contributed by atoms with E-state index >= 15 is 0 Å². The number of Topliss-reactive ketones (excluding diaryl/α,β-unsaturated/α-hetero) is 1. The fourth-order valence-corrected chi connectivity index (χ4v) is 2.30. The number of carbonyl (C=O) groups excluding carboxylic acids is 2. The molecule has 2 aromatic rings. The van der Waals surface area contributed by atoms with Crippen molar-refractivity contribution in [2.75, 3.05) is 13.7 Å². The molecule has 9 nitrogen and oxygen atoms in total. The summed E-state index contributed by atoms with van der Waals surface area (Å²) < 4.78 is 11.2. The Labute approximate surface area is 143 Å². The number of esters is 1. The van der Waals surface area contributed by atoms with Crippen molar-refractivity contribution < 1.29 is 24.0 Å². The van der Waals surface area contributed by atoms with E-state index in [1.807, 2.05) is 0 Å². The largest absolute Gasteiger partial charge is 0.497 e. The molecular formula is C16H17N3O6. The van der Waals surface area contributed by atoms with Gasteiger partial charge in [-0.15, -0.1) is 0 Å². The molecule has 2 rings (SSSR count). The lowest BCUT2D eigenvalue weighted by atomic mass is 10.1. The number of hydrogen-bond donors (Lipinski definition) is 0. The molecule has 0 aliphatic heterocycles. The van der Waals surface area contributed by atoms with E-state index in [1.54, 1.807) is 24.3 Å². The lowest BCUT2D eigenvalue weighted by molar-refractivity contribution is -0.386. The number of aromatic nitrogens is 2. The molecule has 0 fully saturated rings. The number of nitrogens with zero attached hydrogens (tertiary/aromatic N) is 3. The average Bonchev–Trinajstić information content (AvgIpc) is 2.86. The number of aryl methyl sites for hydroxylation is 1. The molecule has 0 spiro atoms. The van der Waals surface area contributed by atoms with Crippen LogP contribution in [-0.4, -0.2) is 40.2 Å². The normalized spacial score (nSPS) is 10.4. The maximum atomic E-state index is 12.0. The third kappa shape index (κ3) is 4.19. The van der Waals surface area contributed by atoms with Crippen LogP contribution in [0, 0.1) is 24.0 Å². The standard InChI is InChI=1S/C16H17N3O6/c1-10-16(19(22)23)11(2)18(17-10)8-15(21)25-9-14(20)12-5-4-6-13(7-12)24-3/h4-7H,8-9H2,1-3H3. The number of ether oxygens (including phenoxy) is 2. The minimum absolute atomic E-state index is 0.139. The van der Waals surface area contributed by atoms with Crippen molar-refractivity contribution >= 4 is 17.4 Å². The van der Waals surface area contributed by atoms with Gasteiger partial charge >= 0.3 is 11.7 Å². The monoisotopic (exact) mass is 347 g/mol. The zero-order chi connectivity index (χ0) is 18.6. The Balaban J connectivity index is 1.98. The first-order valence-corrected chi connectivity index (χ1v) is 7.34. The summed E-state index contributed by atoms with van der Waals surface area (Å²) in [6.45, 7) is 2.23. The van der Waals surface area contributed by atoms with Crippen LogP contribution in [0.1, 0.15) is 21.7 Å². The molecule has 9 heteroatoms. The highest BCUT2D eigenvalue weighted by Crippen LogP contribution is 2.21. The zero-order valence-corrected chi connectivity index (χ0v) is 14.0. The third-order valence-electron chi connectivity index (χ3n) is 3.56. The number of carbonyl (C=O) groups is 2. The van der Waals surface area contributed by atoms with E-state index in [2.05, 4.69) is 5.10 Å². The summed E-state index contributed by atoms with van der Waals surface area (Å²) in [5.74, 6) is -0.574. The molecule has 1 aromatic heterocycles. The quantitative estimate of drug-likeness (QED) is 0.325. The summed E-state index contributed by atoms with van der Waals surface area (Å²) in [6, 6.07) is 6.48. The van der Waals surface area contributed by atoms with E-state index in [9.17, 15) is 19.7 Å². The van der Waals surface area contributed by atoms with Gasteiger partial charge in [-0.05, 0) is 26.0 Å². The molecule has 25 heavy (non-hydrogen) atoms. The maximum absolute atomic E-state index is 12.0. The molecule has 1 aromatic carbocycles. The van der Waals surface area contributed by atoms with Crippen LogP contribution in [0.3, 0.4) is 0 Å². The van der Waals surface area contributed by atoms with Crippen LogP contribution >= 0.6 is 0 Å². The first kappa shape index (κ1) is 18.1. The molecule has 0 saturated heterocycles. The second-order valence-corrected chi connectivity index (χ2v) is 5.25. The van der Waals surface area contributed by atoms with Crippen LogP contribution in [0.2, 0.25) is 0 Å². The summed E-state index contributed by atoms with van der Waals surface area (Å²) in [4.78, 5) is 34.3. The number of methoxy groups -OCH3 is 1. The second kappa shape index (κ2) is 7.56. The lowest BCUT2D eigenvalue weighted by Crippen LogP contribution is -2.19. The first-order valence-electron chi connectivity index (χ1n) is 7.34. The Hall–Kier alpha value is -3.23. The number of rotatable bonds is 7. The van der Waals surface area contributed by atoms with Gasteiger partial charge in [0.25, 0.3) is 0 Å². The Bertz CT molecular complexity index is 827. The van der Waals surface area contributed by atoms with E-state index in [4.69, 9.17) is 9.47 Å². The van der Waals surface area contributed by atoms with Crippen LogP contribution in [0.5, 0.6) is 5.75 Å². The number of hydrogen-bond acceptors (Lipinski definition) is 7. The van der Waals surface area contributed by atoms with E-state index in [0.717, 1.165) is 0 Å². The molecule has 0 saturated carbocycles. The smallest absolute Gasteiger partial charge is 0.328 e. The summed E-state index contributed by atoms with van der Waals surface area (Å²) >= 11 is 0. The minimum Gasteiger partial charge on any atom is -0.497 e. The van der Waals surface area contributed by atoms with Gasteiger partial charge in [-0.25, -0.2) is 0 Å². The van der Waals surface area contributed by atoms with Gasteiger partial charge in [0.05, 0.1) is 12.0 Å². The Kier molecular flexibility index (Phi) is 5.48. The van der Waals surface area contributed by atoms with Gasteiger partial charge in [0.1, 0.15) is 23.7 Å². The van der Waals surface area contributed by atoms with Crippen LogP contribution in [0.25, 0.3) is 0 Å². The summed E-state index contributed by atoms with van der Waals surface area (Å²) in [5, 5.41) is 14.9. The van der Waals surface area contributed by atoms with Gasteiger partial charge in [0, 0.05) is 5.56 Å². The average molecular weight is 347 g/mol. The maximum Gasteiger partial charge on any atom is 0.328 e. The van der Waals surface area contributed by atoms with Gasteiger partial charge in [0.15, 0.2) is 12.4 Å². The topological polar surface area (TPSA) is 114 Å². The molecule has 1 heterocycles. The van der Waals surface area contributed by atoms with Gasteiger partial charge in [-0.2, -0.15) is 5.10 Å². The highest BCUT2D eigenvalue weighted by molar-refractivity contribution is 5.98. The van der Waals surface area contributed by atoms with Gasteiger partial charge < -0.3 is 9.47 Å². The predicted molar refractivity (Wildman–Crippen MR) is 86.6 cm³/mol. The van der Waals surface area contributed by atoms with Crippen molar-refractivity contribution in [3.05, 3.63) is 51.3 Å². The lowest BCUT2D eigenvalue weighted by Gasteiger charge is -2.06. The van der Waals surface area contributed by atoms with Crippen molar-refractivity contribution in [1.29, 1.82) is 0 Å². The van der Waals surface area contributed by atoms with Crippen molar-refractivity contribution in [2.24, 2.45) is 0 Å². The molecule has 0 aliphatic rings. The molecule has 0 unspecified atom stereocenters. The van der Waals surface area contributed by atoms with Crippen molar-refractivity contribution in [1.82, 2.24) is 9.78 Å². The zero-order valence-electron chi connectivity index (χ0n) is 14.0. The molecule has 0 atom stereocenters. The Morgan fingerprint density at radius 2 is 2.04 bits per heavy atom.